The SMILES string of the molecule is CCCCCCC1(C)NCCc2ccoc21. The number of fused-ring (bicyclic) bond motifs is 1. The van der Waals surface area contributed by atoms with Gasteiger partial charge in [-0.1, -0.05) is 32.6 Å². The summed E-state index contributed by atoms with van der Waals surface area (Å²) in [7, 11) is 0. The second-order valence-corrected chi connectivity index (χ2v) is 5.09. The van der Waals surface area contributed by atoms with Crippen molar-refractivity contribution in [2.24, 2.45) is 0 Å². The van der Waals surface area contributed by atoms with E-state index in [-0.39, 0.29) is 5.54 Å². The molecular weight excluding hydrogens is 198 g/mol. The summed E-state index contributed by atoms with van der Waals surface area (Å²) >= 11 is 0. The number of furan rings is 1. The largest absolute Gasteiger partial charge is 0.467 e. The molecule has 2 rings (SSSR count). The molecule has 1 N–H and O–H groups in total. The van der Waals surface area contributed by atoms with Gasteiger partial charge in [-0.3, -0.25) is 0 Å². The Labute approximate surface area is 98.4 Å². The predicted octanol–water partition coefficient (Wildman–Crippen LogP) is 3.61. The van der Waals surface area contributed by atoms with Crippen LogP contribution in [-0.2, 0) is 12.0 Å². The Morgan fingerprint density at radius 3 is 3.06 bits per heavy atom. The van der Waals surface area contributed by atoms with Crippen LogP contribution < -0.4 is 5.32 Å². The van der Waals surface area contributed by atoms with Crippen molar-refractivity contribution in [2.45, 2.75) is 57.9 Å². The minimum Gasteiger partial charge on any atom is -0.467 e. The number of unbranched alkanes of at least 4 members (excludes halogenated alkanes) is 3. The molecule has 0 amide bonds. The van der Waals surface area contributed by atoms with E-state index in [1.807, 2.05) is 6.26 Å². The molecule has 0 aromatic carbocycles. The van der Waals surface area contributed by atoms with Gasteiger partial charge in [0.15, 0.2) is 0 Å². The van der Waals surface area contributed by atoms with Gasteiger partial charge in [-0.15, -0.1) is 0 Å². The number of nitrogens with one attached hydrogen (secondary N) is 1. The fraction of sp³-hybridized carbons (Fsp3) is 0.714. The lowest BCUT2D eigenvalue weighted by atomic mass is 9.86. The van der Waals surface area contributed by atoms with Crippen molar-refractivity contribution < 1.29 is 4.42 Å². The van der Waals surface area contributed by atoms with Crippen molar-refractivity contribution in [3.63, 3.8) is 0 Å². The van der Waals surface area contributed by atoms with Crippen LogP contribution in [0.3, 0.4) is 0 Å². The molecule has 0 aliphatic carbocycles. The van der Waals surface area contributed by atoms with E-state index in [1.54, 1.807) is 0 Å². The Balaban J connectivity index is 1.98. The third-order valence-corrected chi connectivity index (χ3v) is 3.69. The number of hydrogen-bond acceptors (Lipinski definition) is 2. The third-order valence-electron chi connectivity index (χ3n) is 3.69. The van der Waals surface area contributed by atoms with Crippen molar-refractivity contribution in [3.8, 4) is 0 Å². The Morgan fingerprint density at radius 2 is 2.25 bits per heavy atom. The van der Waals surface area contributed by atoms with Crippen LogP contribution in [0.5, 0.6) is 0 Å². The first-order valence-corrected chi connectivity index (χ1v) is 6.58. The molecule has 90 valence electrons. The van der Waals surface area contributed by atoms with Gasteiger partial charge in [0.05, 0.1) is 11.8 Å². The molecule has 1 aliphatic heterocycles. The maximum absolute atomic E-state index is 5.67. The third kappa shape index (κ3) is 2.32. The average molecular weight is 221 g/mol. The zero-order valence-electron chi connectivity index (χ0n) is 10.5. The molecule has 2 nitrogen and oxygen atoms in total. The molecule has 1 aliphatic rings. The molecule has 0 radical (unpaired) electrons. The van der Waals surface area contributed by atoms with Crippen molar-refractivity contribution in [2.75, 3.05) is 6.54 Å². The van der Waals surface area contributed by atoms with Gasteiger partial charge in [-0.2, -0.15) is 0 Å². The van der Waals surface area contributed by atoms with Gasteiger partial charge in [0.1, 0.15) is 5.76 Å². The van der Waals surface area contributed by atoms with E-state index in [0.29, 0.717) is 0 Å². The van der Waals surface area contributed by atoms with Gasteiger partial charge < -0.3 is 9.73 Å². The second kappa shape index (κ2) is 5.05. The zero-order valence-corrected chi connectivity index (χ0v) is 10.5. The van der Waals surface area contributed by atoms with Crippen LogP contribution in [0.4, 0.5) is 0 Å². The first kappa shape index (κ1) is 11.7. The van der Waals surface area contributed by atoms with Gasteiger partial charge in [-0.25, -0.2) is 0 Å². The highest BCUT2D eigenvalue weighted by molar-refractivity contribution is 5.27. The smallest absolute Gasteiger partial charge is 0.126 e. The quantitative estimate of drug-likeness (QED) is 0.768. The summed E-state index contributed by atoms with van der Waals surface area (Å²) in [5.41, 5.74) is 1.47. The van der Waals surface area contributed by atoms with Crippen LogP contribution in [0.1, 0.15) is 57.3 Å². The summed E-state index contributed by atoms with van der Waals surface area (Å²) < 4.78 is 5.67. The summed E-state index contributed by atoms with van der Waals surface area (Å²) in [6.07, 6.45) is 9.41. The molecular formula is C14H23NO. The minimum atomic E-state index is 0.0742. The number of hydrogen-bond donors (Lipinski definition) is 1. The Bertz CT molecular complexity index is 331. The van der Waals surface area contributed by atoms with Crippen LogP contribution >= 0.6 is 0 Å². The monoisotopic (exact) mass is 221 g/mol. The maximum atomic E-state index is 5.67. The molecule has 1 aromatic rings. The lowest BCUT2D eigenvalue weighted by molar-refractivity contribution is 0.252. The molecule has 16 heavy (non-hydrogen) atoms. The van der Waals surface area contributed by atoms with Crippen LogP contribution in [0.2, 0.25) is 0 Å². The minimum absolute atomic E-state index is 0.0742. The summed E-state index contributed by atoms with van der Waals surface area (Å²) in [6, 6.07) is 2.13. The molecule has 0 spiro atoms. The molecule has 1 aromatic heterocycles. The van der Waals surface area contributed by atoms with Gasteiger partial charge in [0.25, 0.3) is 0 Å². The van der Waals surface area contributed by atoms with E-state index in [9.17, 15) is 0 Å². The summed E-state index contributed by atoms with van der Waals surface area (Å²) in [6.45, 7) is 5.61. The van der Waals surface area contributed by atoms with Crippen LogP contribution in [-0.4, -0.2) is 6.54 Å². The summed E-state index contributed by atoms with van der Waals surface area (Å²) in [4.78, 5) is 0. The molecule has 0 saturated heterocycles. The van der Waals surface area contributed by atoms with Gasteiger partial charge in [0, 0.05) is 6.54 Å². The fourth-order valence-electron chi connectivity index (χ4n) is 2.68. The van der Waals surface area contributed by atoms with Crippen LogP contribution in [0.15, 0.2) is 16.7 Å². The summed E-state index contributed by atoms with van der Waals surface area (Å²) in [5, 5.41) is 3.62. The van der Waals surface area contributed by atoms with E-state index < -0.39 is 0 Å². The highest BCUT2D eigenvalue weighted by Gasteiger charge is 2.33. The van der Waals surface area contributed by atoms with E-state index in [2.05, 4.69) is 25.2 Å². The average Bonchev–Trinajstić information content (AvgIpc) is 2.75. The lowest BCUT2D eigenvalue weighted by Crippen LogP contribution is -2.44. The van der Waals surface area contributed by atoms with E-state index in [0.717, 1.165) is 13.0 Å². The van der Waals surface area contributed by atoms with Crippen molar-refractivity contribution >= 4 is 0 Å². The molecule has 2 heterocycles. The first-order chi connectivity index (χ1) is 7.76. The van der Waals surface area contributed by atoms with Crippen molar-refractivity contribution in [1.29, 1.82) is 0 Å². The topological polar surface area (TPSA) is 25.2 Å². The van der Waals surface area contributed by atoms with Crippen LogP contribution in [0.25, 0.3) is 0 Å². The maximum Gasteiger partial charge on any atom is 0.126 e. The van der Waals surface area contributed by atoms with Gasteiger partial charge in [-0.05, 0) is 31.4 Å². The molecule has 1 unspecified atom stereocenters. The molecule has 0 fully saturated rings. The standard InChI is InChI=1S/C14H23NO/c1-3-4-5-6-9-14(2)13-12(7-10-15-14)8-11-16-13/h8,11,15H,3-7,9-10H2,1-2H3. The van der Waals surface area contributed by atoms with Gasteiger partial charge in [0.2, 0.25) is 0 Å². The van der Waals surface area contributed by atoms with Crippen LogP contribution in [0, 0.1) is 0 Å². The van der Waals surface area contributed by atoms with Crippen molar-refractivity contribution in [3.05, 3.63) is 23.7 Å². The first-order valence-electron chi connectivity index (χ1n) is 6.58. The molecule has 0 saturated carbocycles. The Morgan fingerprint density at radius 1 is 1.38 bits per heavy atom. The highest BCUT2D eigenvalue weighted by Crippen LogP contribution is 2.33. The summed E-state index contributed by atoms with van der Waals surface area (Å²) in [5.74, 6) is 1.18. The van der Waals surface area contributed by atoms with E-state index in [1.165, 1.54) is 43.4 Å². The molecule has 1 atom stereocenters. The fourth-order valence-corrected chi connectivity index (χ4v) is 2.68. The van der Waals surface area contributed by atoms with E-state index >= 15 is 0 Å². The highest BCUT2D eigenvalue weighted by atomic mass is 16.3. The normalized spacial score (nSPS) is 24.4. The predicted molar refractivity (Wildman–Crippen MR) is 66.5 cm³/mol. The Hall–Kier alpha value is -0.760. The number of rotatable bonds is 5. The lowest BCUT2D eigenvalue weighted by Gasteiger charge is -2.33. The molecule has 2 heteroatoms. The second-order valence-electron chi connectivity index (χ2n) is 5.09. The van der Waals surface area contributed by atoms with Gasteiger partial charge >= 0.3 is 0 Å². The van der Waals surface area contributed by atoms with Crippen molar-refractivity contribution in [1.82, 2.24) is 5.32 Å². The van der Waals surface area contributed by atoms with E-state index in [4.69, 9.17) is 4.42 Å². The zero-order chi connectivity index (χ0) is 11.4. The molecule has 0 bridgehead atoms. The Kier molecular flexibility index (Phi) is 3.70.